The molecule has 1 aromatic carbocycles. The van der Waals surface area contributed by atoms with Crippen LogP contribution in [-0.2, 0) is 0 Å². The van der Waals surface area contributed by atoms with Crippen molar-refractivity contribution in [2.45, 2.75) is 6.92 Å². The van der Waals surface area contributed by atoms with E-state index >= 15 is 0 Å². The van der Waals surface area contributed by atoms with Gasteiger partial charge in [-0.15, -0.1) is 10.2 Å². The molecule has 3 N–H and O–H groups in total. The van der Waals surface area contributed by atoms with Crippen molar-refractivity contribution in [2.75, 3.05) is 11.3 Å². The Morgan fingerprint density at radius 1 is 1.33 bits per heavy atom. The number of rotatable bonds is 3. The van der Waals surface area contributed by atoms with Crippen molar-refractivity contribution in [3.63, 3.8) is 0 Å². The van der Waals surface area contributed by atoms with Crippen molar-refractivity contribution >= 4 is 28.1 Å². The van der Waals surface area contributed by atoms with Crippen LogP contribution in [0.25, 0.3) is 0 Å². The number of benzene rings is 1. The summed E-state index contributed by atoms with van der Waals surface area (Å²) >= 11 is 3.36. The number of aryl methyl sites for hydroxylation is 1. The highest BCUT2D eigenvalue weighted by atomic mass is 79.9. The minimum atomic E-state index is 0. The molecule has 0 saturated heterocycles. The van der Waals surface area contributed by atoms with E-state index in [-0.39, 0.29) is 12.4 Å². The first-order valence-electron chi connectivity index (χ1n) is 4.88. The third-order valence-electron chi connectivity index (χ3n) is 2.11. The molecule has 2 aromatic rings. The Hall–Kier alpha value is -1.60. The second kappa shape index (κ2) is 6.36. The van der Waals surface area contributed by atoms with Gasteiger partial charge in [0, 0.05) is 4.47 Å². The van der Waals surface area contributed by atoms with Gasteiger partial charge in [-0.2, -0.15) is 5.10 Å². The molecule has 2 rings (SSSR count). The van der Waals surface area contributed by atoms with E-state index in [1.54, 1.807) is 13.1 Å². The maximum Gasteiger partial charge on any atom is 0.263 e. The van der Waals surface area contributed by atoms with Crippen LogP contribution in [0.4, 0.5) is 5.95 Å². The Morgan fingerprint density at radius 3 is 2.56 bits per heavy atom. The van der Waals surface area contributed by atoms with Crippen LogP contribution in [0, 0.1) is 6.92 Å². The van der Waals surface area contributed by atoms with Gasteiger partial charge in [0.1, 0.15) is 0 Å². The molecule has 0 spiro atoms. The molecule has 0 saturated carbocycles. The van der Waals surface area contributed by atoms with Gasteiger partial charge in [-0.1, -0.05) is 28.1 Å². The van der Waals surface area contributed by atoms with Crippen LogP contribution in [0.1, 0.15) is 11.4 Å². The van der Waals surface area contributed by atoms with Crippen molar-refractivity contribution in [1.29, 1.82) is 0 Å². The quantitative estimate of drug-likeness (QED) is 0.408. The summed E-state index contributed by atoms with van der Waals surface area (Å²) in [4.78, 5) is 0. The Kier molecular flexibility index (Phi) is 5.11. The average molecular weight is 331 g/mol. The summed E-state index contributed by atoms with van der Waals surface area (Å²) in [6.07, 6.45) is 1.68. The second-order valence-electron chi connectivity index (χ2n) is 3.36. The first kappa shape index (κ1) is 14.5. The molecule has 1 aromatic heterocycles. The zero-order chi connectivity index (χ0) is 12.3. The van der Waals surface area contributed by atoms with E-state index in [0.29, 0.717) is 11.8 Å². The fourth-order valence-electron chi connectivity index (χ4n) is 1.16. The first-order valence-corrected chi connectivity index (χ1v) is 5.68. The smallest absolute Gasteiger partial charge is 0.263 e. The van der Waals surface area contributed by atoms with E-state index in [0.717, 1.165) is 10.0 Å². The minimum absolute atomic E-state index is 0. The molecule has 0 aliphatic carbocycles. The third kappa shape index (κ3) is 3.44. The molecule has 0 aliphatic heterocycles. The van der Waals surface area contributed by atoms with Gasteiger partial charge in [0.05, 0.1) is 6.21 Å². The molecule has 0 aliphatic rings. The SMILES string of the molecule is Cc1nnc(NN=Cc2ccc(Br)cc2)n1N.[Cl-]. The summed E-state index contributed by atoms with van der Waals surface area (Å²) in [6.45, 7) is 1.76. The van der Waals surface area contributed by atoms with E-state index < -0.39 is 0 Å². The lowest BCUT2D eigenvalue weighted by atomic mass is 10.2. The van der Waals surface area contributed by atoms with E-state index in [4.69, 9.17) is 5.84 Å². The standard InChI is InChI=1S/C10H11BrN6.ClH/c1-7-14-16-10(17(7)12)15-13-6-8-2-4-9(11)5-3-8;/h2-6H,12H2,1H3,(H,15,16);1H/p-1. The summed E-state index contributed by atoms with van der Waals surface area (Å²) < 4.78 is 2.36. The number of hydrogen-bond acceptors (Lipinski definition) is 5. The van der Waals surface area contributed by atoms with Crippen molar-refractivity contribution in [1.82, 2.24) is 14.9 Å². The minimum Gasteiger partial charge on any atom is -1.00 e. The van der Waals surface area contributed by atoms with Crippen LogP contribution in [0.15, 0.2) is 33.8 Å². The first-order chi connectivity index (χ1) is 8.16. The Bertz CT molecular complexity index is 536. The van der Waals surface area contributed by atoms with Gasteiger partial charge in [0.15, 0.2) is 5.82 Å². The monoisotopic (exact) mass is 329 g/mol. The van der Waals surface area contributed by atoms with E-state index in [9.17, 15) is 0 Å². The van der Waals surface area contributed by atoms with E-state index in [2.05, 4.69) is 36.7 Å². The number of nitrogens with zero attached hydrogens (tertiary/aromatic N) is 4. The molecule has 0 unspecified atom stereocenters. The molecule has 0 bridgehead atoms. The zero-order valence-corrected chi connectivity index (χ0v) is 11.9. The topological polar surface area (TPSA) is 81.1 Å². The molecular weight excluding hydrogens is 320 g/mol. The molecule has 0 radical (unpaired) electrons. The van der Waals surface area contributed by atoms with Crippen LogP contribution in [0.3, 0.4) is 0 Å². The average Bonchev–Trinajstić information content (AvgIpc) is 2.64. The number of nitrogens with two attached hydrogens (primary N) is 1. The Labute approximate surface area is 119 Å². The lowest BCUT2D eigenvalue weighted by Gasteiger charge is -1.99. The number of nitrogen functional groups attached to an aromatic ring is 1. The number of nitrogens with one attached hydrogen (secondary N) is 1. The van der Waals surface area contributed by atoms with Gasteiger partial charge in [-0.05, 0) is 24.6 Å². The molecule has 0 amide bonds. The predicted molar refractivity (Wildman–Crippen MR) is 70.3 cm³/mol. The fraction of sp³-hybridized carbons (Fsp3) is 0.100. The van der Waals surface area contributed by atoms with Crippen LogP contribution in [0.2, 0.25) is 0 Å². The van der Waals surface area contributed by atoms with Crippen LogP contribution < -0.4 is 23.7 Å². The maximum atomic E-state index is 5.65. The Morgan fingerprint density at radius 2 is 2.00 bits per heavy atom. The maximum absolute atomic E-state index is 5.65. The highest BCUT2D eigenvalue weighted by Crippen LogP contribution is 2.09. The van der Waals surface area contributed by atoms with Crippen molar-refractivity contribution in [2.24, 2.45) is 5.10 Å². The molecule has 96 valence electrons. The summed E-state index contributed by atoms with van der Waals surface area (Å²) in [5.74, 6) is 6.67. The van der Waals surface area contributed by atoms with E-state index in [1.165, 1.54) is 4.68 Å². The summed E-state index contributed by atoms with van der Waals surface area (Å²) in [5.41, 5.74) is 3.69. The summed E-state index contributed by atoms with van der Waals surface area (Å²) in [5, 5.41) is 11.6. The molecule has 0 fully saturated rings. The molecular formula is C10H11BrClN6-. The van der Waals surface area contributed by atoms with Gasteiger partial charge < -0.3 is 18.2 Å². The summed E-state index contributed by atoms with van der Waals surface area (Å²) in [6, 6.07) is 7.76. The molecule has 8 heteroatoms. The fourth-order valence-corrected chi connectivity index (χ4v) is 1.42. The molecule has 0 atom stereocenters. The van der Waals surface area contributed by atoms with Crippen LogP contribution in [-0.4, -0.2) is 21.1 Å². The zero-order valence-electron chi connectivity index (χ0n) is 9.51. The third-order valence-corrected chi connectivity index (χ3v) is 2.64. The van der Waals surface area contributed by atoms with Gasteiger partial charge >= 0.3 is 0 Å². The lowest BCUT2D eigenvalue weighted by Crippen LogP contribution is -3.00. The van der Waals surface area contributed by atoms with Gasteiger partial charge in [-0.25, -0.2) is 10.1 Å². The second-order valence-corrected chi connectivity index (χ2v) is 4.28. The molecule has 18 heavy (non-hydrogen) atoms. The number of aromatic nitrogens is 3. The lowest BCUT2D eigenvalue weighted by molar-refractivity contribution is -0.00000355. The Balaban J connectivity index is 0.00000162. The van der Waals surface area contributed by atoms with Crippen LogP contribution >= 0.6 is 15.9 Å². The van der Waals surface area contributed by atoms with Crippen LogP contribution in [0.5, 0.6) is 0 Å². The predicted octanol–water partition coefficient (Wildman–Crippen LogP) is -1.49. The number of hydrazone groups is 1. The molecule has 6 nitrogen and oxygen atoms in total. The van der Waals surface area contributed by atoms with Crippen molar-refractivity contribution in [3.05, 3.63) is 40.1 Å². The van der Waals surface area contributed by atoms with Gasteiger partial charge in [-0.3, -0.25) is 0 Å². The number of hydrogen-bond donors (Lipinski definition) is 2. The summed E-state index contributed by atoms with van der Waals surface area (Å²) in [7, 11) is 0. The van der Waals surface area contributed by atoms with Gasteiger partial charge in [0.2, 0.25) is 0 Å². The normalized spacial score (nSPS) is 10.3. The number of anilines is 1. The van der Waals surface area contributed by atoms with E-state index in [1.807, 2.05) is 24.3 Å². The highest BCUT2D eigenvalue weighted by molar-refractivity contribution is 9.10. The largest absolute Gasteiger partial charge is 1.00 e. The van der Waals surface area contributed by atoms with Gasteiger partial charge in [0.25, 0.3) is 5.95 Å². The number of halogens is 2. The highest BCUT2D eigenvalue weighted by Gasteiger charge is 2.02. The molecule has 1 heterocycles. The van der Waals surface area contributed by atoms with Crippen molar-refractivity contribution < 1.29 is 12.4 Å². The van der Waals surface area contributed by atoms with Crippen molar-refractivity contribution in [3.8, 4) is 0 Å².